The van der Waals surface area contributed by atoms with Crippen LogP contribution in [0.2, 0.25) is 5.15 Å². The average Bonchev–Trinajstić information content (AvgIpc) is 2.14. The molecule has 0 aliphatic rings. The third-order valence-corrected chi connectivity index (χ3v) is 1.42. The monoisotopic (exact) mass is 201 g/mol. The lowest BCUT2D eigenvalue weighted by Crippen LogP contribution is -2.19. The summed E-state index contributed by atoms with van der Waals surface area (Å²) in [6.07, 6.45) is 0.973. The lowest BCUT2D eigenvalue weighted by atomic mass is 10.6. The fraction of sp³-hybridized carbons (Fsp3) is 0.286. The molecule has 0 aromatic carbocycles. The van der Waals surface area contributed by atoms with Crippen LogP contribution in [-0.2, 0) is 11.3 Å². The van der Waals surface area contributed by atoms with Crippen LogP contribution in [0.25, 0.3) is 0 Å². The first-order valence-electron chi connectivity index (χ1n) is 3.54. The summed E-state index contributed by atoms with van der Waals surface area (Å²) in [4.78, 5) is 18.3. The van der Waals surface area contributed by atoms with Crippen LogP contribution in [0.15, 0.2) is 12.3 Å². The van der Waals surface area contributed by atoms with Crippen LogP contribution in [-0.4, -0.2) is 23.1 Å². The lowest BCUT2D eigenvalue weighted by molar-refractivity contribution is 0.139. The van der Waals surface area contributed by atoms with Gasteiger partial charge in [-0.1, -0.05) is 11.6 Å². The Morgan fingerprint density at radius 1 is 1.77 bits per heavy atom. The third kappa shape index (κ3) is 3.25. The van der Waals surface area contributed by atoms with Gasteiger partial charge >= 0.3 is 6.09 Å². The minimum Gasteiger partial charge on any atom is -0.441 e. The minimum absolute atomic E-state index is 0.0141. The summed E-state index contributed by atoms with van der Waals surface area (Å²) in [5.41, 5.74) is 0. The van der Waals surface area contributed by atoms with Crippen LogP contribution >= 0.6 is 11.6 Å². The van der Waals surface area contributed by atoms with Crippen LogP contribution < -0.4 is 5.32 Å². The van der Waals surface area contributed by atoms with Gasteiger partial charge in [0, 0.05) is 13.2 Å². The first kappa shape index (κ1) is 9.73. The molecule has 0 aliphatic heterocycles. The van der Waals surface area contributed by atoms with Crippen LogP contribution in [0.3, 0.4) is 0 Å². The van der Waals surface area contributed by atoms with E-state index >= 15 is 0 Å². The highest BCUT2D eigenvalue weighted by Gasteiger charge is 2.01. The fourth-order valence-electron chi connectivity index (χ4n) is 0.646. The van der Waals surface area contributed by atoms with E-state index in [1.54, 1.807) is 6.07 Å². The number of hydrogen-bond acceptors (Lipinski definition) is 4. The second-order valence-corrected chi connectivity index (χ2v) is 2.51. The number of nitrogens with zero attached hydrogens (tertiary/aromatic N) is 2. The highest BCUT2D eigenvalue weighted by atomic mass is 35.5. The summed E-state index contributed by atoms with van der Waals surface area (Å²) >= 11 is 5.59. The molecule has 0 saturated heterocycles. The second kappa shape index (κ2) is 4.61. The Kier molecular flexibility index (Phi) is 3.45. The van der Waals surface area contributed by atoms with Crippen molar-refractivity contribution in [3.63, 3.8) is 0 Å². The van der Waals surface area contributed by atoms with Crippen molar-refractivity contribution in [1.82, 2.24) is 15.3 Å². The van der Waals surface area contributed by atoms with Gasteiger partial charge in [-0.15, -0.1) is 0 Å². The summed E-state index contributed by atoms with van der Waals surface area (Å²) in [6.45, 7) is 0.0141. The van der Waals surface area contributed by atoms with Gasteiger partial charge in [0.1, 0.15) is 5.15 Å². The molecule has 1 aromatic rings. The Balaban J connectivity index is 2.50. The molecule has 5 nitrogen and oxygen atoms in total. The standard InChI is InChI=1S/C7H8ClN3O2/c1-9-7(12)13-4-6-10-3-2-5(8)11-6/h2-3H,4H2,1H3,(H,9,12). The van der Waals surface area contributed by atoms with E-state index in [0.29, 0.717) is 11.0 Å². The van der Waals surface area contributed by atoms with E-state index in [1.165, 1.54) is 13.2 Å². The van der Waals surface area contributed by atoms with E-state index in [1.807, 2.05) is 0 Å². The van der Waals surface area contributed by atoms with Crippen molar-refractivity contribution in [2.24, 2.45) is 0 Å². The number of amides is 1. The summed E-state index contributed by atoms with van der Waals surface area (Å²) in [5.74, 6) is 0.371. The fourth-order valence-corrected chi connectivity index (χ4v) is 0.800. The molecule has 1 heterocycles. The van der Waals surface area contributed by atoms with Gasteiger partial charge in [-0.25, -0.2) is 14.8 Å². The normalized spacial score (nSPS) is 9.38. The van der Waals surface area contributed by atoms with Crippen molar-refractivity contribution in [2.45, 2.75) is 6.61 Å². The Labute approximate surface area is 80.1 Å². The number of aromatic nitrogens is 2. The number of nitrogens with one attached hydrogen (secondary N) is 1. The number of alkyl carbamates (subject to hydrolysis) is 1. The molecular formula is C7H8ClN3O2. The van der Waals surface area contributed by atoms with E-state index in [4.69, 9.17) is 16.3 Å². The first-order valence-corrected chi connectivity index (χ1v) is 3.92. The van der Waals surface area contributed by atoms with Crippen molar-refractivity contribution < 1.29 is 9.53 Å². The smallest absolute Gasteiger partial charge is 0.407 e. The van der Waals surface area contributed by atoms with E-state index in [9.17, 15) is 4.79 Å². The molecule has 0 radical (unpaired) electrons. The Morgan fingerprint density at radius 2 is 2.54 bits per heavy atom. The number of carbonyl (C=O) groups is 1. The molecule has 1 N–H and O–H groups in total. The number of ether oxygens (including phenoxy) is 1. The quantitative estimate of drug-likeness (QED) is 0.725. The molecule has 1 rings (SSSR count). The lowest BCUT2D eigenvalue weighted by Gasteiger charge is -2.01. The predicted octanol–water partition coefficient (Wildman–Crippen LogP) is 0.986. The average molecular weight is 202 g/mol. The maximum Gasteiger partial charge on any atom is 0.407 e. The molecular weight excluding hydrogens is 194 g/mol. The number of carbonyl (C=O) groups excluding carboxylic acids is 1. The molecule has 70 valence electrons. The van der Waals surface area contributed by atoms with Crippen LogP contribution in [0.1, 0.15) is 5.82 Å². The molecule has 1 aromatic heterocycles. The second-order valence-electron chi connectivity index (χ2n) is 2.12. The molecule has 0 saturated carbocycles. The Hall–Kier alpha value is -1.36. The van der Waals surface area contributed by atoms with E-state index in [-0.39, 0.29) is 6.61 Å². The van der Waals surface area contributed by atoms with Crippen molar-refractivity contribution in [3.8, 4) is 0 Å². The zero-order valence-corrected chi connectivity index (χ0v) is 7.71. The van der Waals surface area contributed by atoms with E-state index < -0.39 is 6.09 Å². The van der Waals surface area contributed by atoms with Gasteiger partial charge in [-0.2, -0.15) is 0 Å². The maximum atomic E-state index is 10.6. The largest absolute Gasteiger partial charge is 0.441 e. The Morgan fingerprint density at radius 3 is 3.15 bits per heavy atom. The van der Waals surface area contributed by atoms with Crippen LogP contribution in [0.5, 0.6) is 0 Å². The molecule has 0 bridgehead atoms. The maximum absolute atomic E-state index is 10.6. The van der Waals surface area contributed by atoms with Crippen molar-refractivity contribution >= 4 is 17.7 Å². The van der Waals surface area contributed by atoms with Gasteiger partial charge in [0.25, 0.3) is 0 Å². The Bertz CT molecular complexity index is 306. The zero-order valence-electron chi connectivity index (χ0n) is 6.95. The highest BCUT2D eigenvalue weighted by molar-refractivity contribution is 6.29. The van der Waals surface area contributed by atoms with Crippen LogP contribution in [0, 0.1) is 0 Å². The van der Waals surface area contributed by atoms with E-state index in [2.05, 4.69) is 15.3 Å². The number of halogens is 1. The van der Waals surface area contributed by atoms with Crippen molar-refractivity contribution in [2.75, 3.05) is 7.05 Å². The minimum atomic E-state index is -0.524. The first-order chi connectivity index (χ1) is 6.22. The van der Waals surface area contributed by atoms with Crippen LogP contribution in [0.4, 0.5) is 4.79 Å². The van der Waals surface area contributed by atoms with Crippen molar-refractivity contribution in [3.05, 3.63) is 23.2 Å². The molecule has 0 fully saturated rings. The van der Waals surface area contributed by atoms with Gasteiger partial charge in [-0.05, 0) is 6.07 Å². The number of rotatable bonds is 2. The topological polar surface area (TPSA) is 64.1 Å². The zero-order chi connectivity index (χ0) is 9.68. The molecule has 6 heteroatoms. The SMILES string of the molecule is CNC(=O)OCc1nccc(Cl)n1. The molecule has 0 aliphatic carbocycles. The predicted molar refractivity (Wildman–Crippen MR) is 46.3 cm³/mol. The molecule has 0 spiro atoms. The molecule has 1 amide bonds. The summed E-state index contributed by atoms with van der Waals surface area (Å²) in [7, 11) is 1.47. The van der Waals surface area contributed by atoms with Gasteiger partial charge in [0.05, 0.1) is 0 Å². The van der Waals surface area contributed by atoms with Gasteiger partial charge in [-0.3, -0.25) is 0 Å². The summed E-state index contributed by atoms with van der Waals surface area (Å²) in [6, 6.07) is 1.55. The molecule has 0 unspecified atom stereocenters. The van der Waals surface area contributed by atoms with E-state index in [0.717, 1.165) is 0 Å². The number of hydrogen-bond donors (Lipinski definition) is 1. The molecule has 13 heavy (non-hydrogen) atoms. The summed E-state index contributed by atoms with van der Waals surface area (Å²) in [5, 5.41) is 2.62. The summed E-state index contributed by atoms with van der Waals surface area (Å²) < 4.78 is 4.70. The van der Waals surface area contributed by atoms with Gasteiger partial charge in [0.15, 0.2) is 12.4 Å². The van der Waals surface area contributed by atoms with Crippen molar-refractivity contribution in [1.29, 1.82) is 0 Å². The van der Waals surface area contributed by atoms with Gasteiger partial charge < -0.3 is 10.1 Å². The highest BCUT2D eigenvalue weighted by Crippen LogP contribution is 2.02. The molecule has 0 atom stereocenters. The van der Waals surface area contributed by atoms with Gasteiger partial charge in [0.2, 0.25) is 0 Å². The third-order valence-electron chi connectivity index (χ3n) is 1.21.